The number of hydrogen-bond donors (Lipinski definition) is 2. The van der Waals surface area contributed by atoms with E-state index >= 15 is 0 Å². The average molecular weight is 194 g/mol. The second-order valence-corrected chi connectivity index (χ2v) is 4.91. The van der Waals surface area contributed by atoms with Gasteiger partial charge in [-0.1, -0.05) is 33.8 Å². The first-order valence-corrected chi connectivity index (χ1v) is 5.33. The van der Waals surface area contributed by atoms with Gasteiger partial charge in [0.05, 0.1) is 0 Å². The molecule has 0 saturated carbocycles. The van der Waals surface area contributed by atoms with Crippen molar-refractivity contribution in [1.82, 2.24) is 0 Å². The molecule has 14 heavy (non-hydrogen) atoms. The van der Waals surface area contributed by atoms with Gasteiger partial charge in [0.2, 0.25) is 0 Å². The van der Waals surface area contributed by atoms with Gasteiger partial charge in [-0.05, 0) is 29.9 Å². The van der Waals surface area contributed by atoms with Crippen LogP contribution in [0.15, 0.2) is 23.4 Å². The van der Waals surface area contributed by atoms with E-state index in [1.165, 1.54) is 5.57 Å². The third-order valence-electron chi connectivity index (χ3n) is 3.21. The fraction of sp³-hybridized carbons (Fsp3) is 0.667. The summed E-state index contributed by atoms with van der Waals surface area (Å²) in [6.07, 6.45) is 4.92. The van der Waals surface area contributed by atoms with Crippen LogP contribution in [0, 0.1) is 11.8 Å². The lowest BCUT2D eigenvalue weighted by Gasteiger charge is -2.35. The molecule has 1 aliphatic carbocycles. The summed E-state index contributed by atoms with van der Waals surface area (Å²) >= 11 is 0. The molecule has 0 aromatic carbocycles. The molecule has 0 amide bonds. The molecule has 80 valence electrons. The minimum absolute atomic E-state index is 0.206. The number of hydrogen-bond acceptors (Lipinski definition) is 2. The molecule has 0 radical (unpaired) electrons. The molecular formula is C12H22N2. The quantitative estimate of drug-likeness (QED) is 0.708. The first-order valence-electron chi connectivity index (χ1n) is 5.33. The van der Waals surface area contributed by atoms with Crippen molar-refractivity contribution in [2.75, 3.05) is 0 Å². The zero-order valence-corrected chi connectivity index (χ0v) is 9.67. The van der Waals surface area contributed by atoms with Gasteiger partial charge in [0, 0.05) is 11.2 Å². The summed E-state index contributed by atoms with van der Waals surface area (Å²) in [5.74, 6) is 0.933. The summed E-state index contributed by atoms with van der Waals surface area (Å²) in [7, 11) is 0. The second kappa shape index (κ2) is 3.77. The monoisotopic (exact) mass is 194 g/mol. The summed E-state index contributed by atoms with van der Waals surface area (Å²) in [5, 5.41) is 0. The first-order chi connectivity index (χ1) is 6.37. The van der Waals surface area contributed by atoms with Crippen LogP contribution in [0.1, 0.15) is 34.1 Å². The van der Waals surface area contributed by atoms with E-state index in [2.05, 4.69) is 33.8 Å². The lowest BCUT2D eigenvalue weighted by Crippen LogP contribution is -2.45. The highest BCUT2D eigenvalue weighted by atomic mass is 14.8. The summed E-state index contributed by atoms with van der Waals surface area (Å²) in [6.45, 7) is 8.65. The Morgan fingerprint density at radius 2 is 1.86 bits per heavy atom. The summed E-state index contributed by atoms with van der Waals surface area (Å²) < 4.78 is 0. The molecule has 0 spiro atoms. The van der Waals surface area contributed by atoms with E-state index in [-0.39, 0.29) is 5.54 Å². The van der Waals surface area contributed by atoms with Gasteiger partial charge >= 0.3 is 0 Å². The molecule has 4 N–H and O–H groups in total. The topological polar surface area (TPSA) is 52.0 Å². The average Bonchev–Trinajstić information content (AvgIpc) is 2.09. The van der Waals surface area contributed by atoms with E-state index in [0.717, 1.165) is 12.1 Å². The molecule has 0 fully saturated rings. The highest BCUT2D eigenvalue weighted by Gasteiger charge is 2.31. The van der Waals surface area contributed by atoms with Crippen LogP contribution < -0.4 is 11.5 Å². The fourth-order valence-corrected chi connectivity index (χ4v) is 1.78. The smallest absolute Gasteiger partial charge is 0.0404 e. The van der Waals surface area contributed by atoms with Gasteiger partial charge in [0.15, 0.2) is 0 Å². The van der Waals surface area contributed by atoms with E-state index < -0.39 is 0 Å². The molecule has 0 saturated heterocycles. The number of allylic oxidation sites excluding steroid dienone is 1. The van der Waals surface area contributed by atoms with Crippen LogP contribution in [0.5, 0.6) is 0 Å². The van der Waals surface area contributed by atoms with Crippen molar-refractivity contribution in [3.63, 3.8) is 0 Å². The Hall–Kier alpha value is -0.760. The van der Waals surface area contributed by atoms with Gasteiger partial charge in [-0.2, -0.15) is 0 Å². The molecule has 1 unspecified atom stereocenters. The third kappa shape index (κ3) is 2.01. The zero-order chi connectivity index (χ0) is 10.9. The number of nitrogens with two attached hydrogens (primary N) is 2. The van der Waals surface area contributed by atoms with E-state index in [1.807, 2.05) is 6.08 Å². The van der Waals surface area contributed by atoms with Gasteiger partial charge in [0.1, 0.15) is 0 Å². The van der Waals surface area contributed by atoms with Crippen LogP contribution in [0.3, 0.4) is 0 Å². The highest BCUT2D eigenvalue weighted by Crippen LogP contribution is 2.32. The SMILES string of the molecule is CC(C)C1=C(N)C=CC(N)(C(C)C)C1. The van der Waals surface area contributed by atoms with Gasteiger partial charge < -0.3 is 11.5 Å². The maximum Gasteiger partial charge on any atom is 0.0404 e. The summed E-state index contributed by atoms with van der Waals surface area (Å²) in [6, 6.07) is 0. The molecule has 2 heteroatoms. The van der Waals surface area contributed by atoms with Crippen LogP contribution in [0.2, 0.25) is 0 Å². The minimum atomic E-state index is -0.206. The zero-order valence-electron chi connectivity index (χ0n) is 9.67. The van der Waals surface area contributed by atoms with Crippen molar-refractivity contribution in [2.45, 2.75) is 39.7 Å². The standard InChI is InChI=1S/C12H22N2/c1-8(2)10-7-12(14,9(3)4)6-5-11(10)13/h5-6,8-9H,7,13-14H2,1-4H3. The van der Waals surface area contributed by atoms with Crippen molar-refractivity contribution in [2.24, 2.45) is 23.3 Å². The third-order valence-corrected chi connectivity index (χ3v) is 3.21. The Balaban J connectivity index is 2.95. The Morgan fingerprint density at radius 3 is 2.29 bits per heavy atom. The predicted molar refractivity (Wildman–Crippen MR) is 61.6 cm³/mol. The van der Waals surface area contributed by atoms with Crippen LogP contribution in [0.25, 0.3) is 0 Å². The molecule has 0 heterocycles. The van der Waals surface area contributed by atoms with Crippen molar-refractivity contribution in [1.29, 1.82) is 0 Å². The Kier molecular flexibility index (Phi) is 3.05. The molecule has 0 aromatic heterocycles. The minimum Gasteiger partial charge on any atom is -0.399 e. The molecule has 0 aromatic rings. The van der Waals surface area contributed by atoms with Crippen molar-refractivity contribution in [3.05, 3.63) is 23.4 Å². The Morgan fingerprint density at radius 1 is 1.29 bits per heavy atom. The molecule has 0 bridgehead atoms. The van der Waals surface area contributed by atoms with Gasteiger partial charge in [-0.3, -0.25) is 0 Å². The summed E-state index contributed by atoms with van der Waals surface area (Å²) in [5.41, 5.74) is 14.2. The first kappa shape index (κ1) is 11.3. The molecule has 0 aliphatic heterocycles. The van der Waals surface area contributed by atoms with Crippen molar-refractivity contribution in [3.8, 4) is 0 Å². The summed E-state index contributed by atoms with van der Waals surface area (Å²) in [4.78, 5) is 0. The number of rotatable bonds is 2. The highest BCUT2D eigenvalue weighted by molar-refractivity contribution is 5.34. The predicted octanol–water partition coefficient (Wildman–Crippen LogP) is 2.17. The fourth-order valence-electron chi connectivity index (χ4n) is 1.78. The maximum atomic E-state index is 6.32. The van der Waals surface area contributed by atoms with Gasteiger partial charge in [0.25, 0.3) is 0 Å². The normalized spacial score (nSPS) is 27.9. The van der Waals surface area contributed by atoms with E-state index in [4.69, 9.17) is 11.5 Å². The maximum absolute atomic E-state index is 6.32. The van der Waals surface area contributed by atoms with E-state index in [0.29, 0.717) is 11.8 Å². The van der Waals surface area contributed by atoms with Crippen LogP contribution in [0.4, 0.5) is 0 Å². The lowest BCUT2D eigenvalue weighted by atomic mass is 9.75. The molecule has 1 aliphatic rings. The molecular weight excluding hydrogens is 172 g/mol. The van der Waals surface area contributed by atoms with Crippen LogP contribution >= 0.6 is 0 Å². The molecule has 1 rings (SSSR count). The molecule has 2 nitrogen and oxygen atoms in total. The Labute approximate surface area is 87.0 Å². The Bertz CT molecular complexity index is 274. The van der Waals surface area contributed by atoms with E-state index in [1.54, 1.807) is 0 Å². The van der Waals surface area contributed by atoms with Crippen LogP contribution in [-0.4, -0.2) is 5.54 Å². The van der Waals surface area contributed by atoms with E-state index in [9.17, 15) is 0 Å². The second-order valence-electron chi connectivity index (χ2n) is 4.91. The largest absolute Gasteiger partial charge is 0.399 e. The molecule has 1 atom stereocenters. The van der Waals surface area contributed by atoms with Crippen molar-refractivity contribution < 1.29 is 0 Å². The van der Waals surface area contributed by atoms with Crippen molar-refractivity contribution >= 4 is 0 Å². The van der Waals surface area contributed by atoms with Gasteiger partial charge in [-0.15, -0.1) is 0 Å². The van der Waals surface area contributed by atoms with Crippen LogP contribution in [-0.2, 0) is 0 Å². The van der Waals surface area contributed by atoms with Gasteiger partial charge in [-0.25, -0.2) is 0 Å². The lowest BCUT2D eigenvalue weighted by molar-refractivity contribution is 0.366.